The minimum atomic E-state index is -1.35. The second kappa shape index (κ2) is 10.4. The number of halogens is 2. The first-order valence-electron chi connectivity index (χ1n) is 9.87. The number of oxime groups is 1. The SMILES string of the molecule is CC(Cc1c(Cl)c(C(=O)O)cc(-n2c(=O)n(C)c(=S)n(C)c2=O)c1Cl)=NOCc1ccccc1. The summed E-state index contributed by atoms with van der Waals surface area (Å²) < 4.78 is 2.90. The third-order valence-electron chi connectivity index (χ3n) is 5.00. The van der Waals surface area contributed by atoms with Crippen molar-refractivity contribution in [2.75, 3.05) is 0 Å². The van der Waals surface area contributed by atoms with Gasteiger partial charge in [0.1, 0.15) is 6.61 Å². The molecule has 0 aliphatic heterocycles. The van der Waals surface area contributed by atoms with Crippen molar-refractivity contribution in [1.29, 1.82) is 0 Å². The molecule has 1 heterocycles. The zero-order valence-corrected chi connectivity index (χ0v) is 20.7. The van der Waals surface area contributed by atoms with Gasteiger partial charge in [-0.05, 0) is 36.3 Å². The summed E-state index contributed by atoms with van der Waals surface area (Å²) in [4.78, 5) is 42.9. The fraction of sp³-hybridized carbons (Fsp3) is 0.227. The summed E-state index contributed by atoms with van der Waals surface area (Å²) in [6.45, 7) is 1.89. The molecule has 9 nitrogen and oxygen atoms in total. The zero-order valence-electron chi connectivity index (χ0n) is 18.4. The summed E-state index contributed by atoms with van der Waals surface area (Å²) in [5.41, 5.74) is -0.478. The fourth-order valence-electron chi connectivity index (χ4n) is 3.21. The topological polar surface area (TPSA) is 108 Å². The monoisotopic (exact) mass is 522 g/mol. The highest BCUT2D eigenvalue weighted by Gasteiger charge is 2.24. The van der Waals surface area contributed by atoms with E-state index in [-0.39, 0.29) is 44.7 Å². The third kappa shape index (κ3) is 4.98. The predicted molar refractivity (Wildman–Crippen MR) is 132 cm³/mol. The standard InChI is InChI=1S/C22H20Cl2N4O5S/c1-12(25-33-11-13-7-5-4-6-8-13)9-14-17(23)15(19(29)30)10-16(18(14)24)28-20(31)26(2)22(34)27(3)21(28)32/h4-8,10H,9,11H2,1-3H3,(H,29,30). The molecule has 1 aromatic heterocycles. The molecule has 1 N–H and O–H groups in total. The Hall–Kier alpha value is -3.21. The molecule has 178 valence electrons. The Labute approximate surface area is 209 Å². The molecule has 0 unspecified atom stereocenters. The first-order chi connectivity index (χ1) is 16.0. The fourth-order valence-corrected chi connectivity index (χ4v) is 4.01. The van der Waals surface area contributed by atoms with E-state index >= 15 is 0 Å². The quantitative estimate of drug-likeness (QED) is 0.287. The van der Waals surface area contributed by atoms with Crippen LogP contribution < -0.4 is 11.4 Å². The molecule has 3 rings (SSSR count). The number of aromatic nitrogens is 3. The van der Waals surface area contributed by atoms with Crippen LogP contribution in [0.15, 0.2) is 51.1 Å². The Morgan fingerprint density at radius 1 is 1.09 bits per heavy atom. The smallest absolute Gasteiger partial charge is 0.338 e. The summed E-state index contributed by atoms with van der Waals surface area (Å²) in [5.74, 6) is -1.35. The molecule has 0 atom stereocenters. The zero-order chi connectivity index (χ0) is 25.2. The van der Waals surface area contributed by atoms with Crippen molar-refractivity contribution in [2.45, 2.75) is 20.0 Å². The van der Waals surface area contributed by atoms with Crippen LogP contribution in [0.3, 0.4) is 0 Å². The molecule has 12 heteroatoms. The maximum Gasteiger partial charge on any atom is 0.338 e. The minimum absolute atomic E-state index is 0.00596. The normalized spacial score (nSPS) is 11.5. The Bertz CT molecular complexity index is 1440. The maximum atomic E-state index is 12.9. The van der Waals surface area contributed by atoms with Gasteiger partial charge in [0, 0.05) is 20.5 Å². The van der Waals surface area contributed by atoms with Gasteiger partial charge < -0.3 is 9.94 Å². The van der Waals surface area contributed by atoms with Crippen LogP contribution in [-0.4, -0.2) is 30.5 Å². The highest BCUT2D eigenvalue weighted by molar-refractivity contribution is 7.71. The molecule has 0 aliphatic rings. The first kappa shape index (κ1) is 25.4. The van der Waals surface area contributed by atoms with Crippen LogP contribution in [-0.2, 0) is 32.0 Å². The summed E-state index contributed by atoms with van der Waals surface area (Å²) in [6, 6.07) is 10.5. The summed E-state index contributed by atoms with van der Waals surface area (Å²) in [5, 5.41) is 13.5. The molecule has 0 radical (unpaired) electrons. The molecule has 0 saturated heterocycles. The number of carboxylic acid groups (broad SMARTS) is 1. The van der Waals surface area contributed by atoms with E-state index in [0.717, 1.165) is 25.3 Å². The van der Waals surface area contributed by atoms with Gasteiger partial charge in [-0.25, -0.2) is 19.0 Å². The van der Waals surface area contributed by atoms with Crippen LogP contribution in [0.1, 0.15) is 28.4 Å². The van der Waals surface area contributed by atoms with E-state index in [2.05, 4.69) is 5.16 Å². The molecule has 0 amide bonds. The molecule has 0 bridgehead atoms. The van der Waals surface area contributed by atoms with Crippen LogP contribution in [0.5, 0.6) is 0 Å². The van der Waals surface area contributed by atoms with Crippen molar-refractivity contribution in [3.63, 3.8) is 0 Å². The Kier molecular flexibility index (Phi) is 7.75. The average molecular weight is 523 g/mol. The van der Waals surface area contributed by atoms with Gasteiger partial charge in [0.2, 0.25) is 0 Å². The highest BCUT2D eigenvalue weighted by Crippen LogP contribution is 2.34. The average Bonchev–Trinajstić information content (AvgIpc) is 2.81. The number of aromatic carboxylic acids is 1. The van der Waals surface area contributed by atoms with E-state index in [9.17, 15) is 19.5 Å². The van der Waals surface area contributed by atoms with E-state index in [4.69, 9.17) is 40.3 Å². The second-order valence-corrected chi connectivity index (χ2v) is 8.54. The lowest BCUT2D eigenvalue weighted by Crippen LogP contribution is -2.43. The lowest BCUT2D eigenvalue weighted by atomic mass is 10.0. The van der Waals surface area contributed by atoms with Crippen molar-refractivity contribution in [3.8, 4) is 5.69 Å². The van der Waals surface area contributed by atoms with E-state index in [1.165, 1.54) is 14.1 Å². The predicted octanol–water partition coefficient (Wildman–Crippen LogP) is 3.74. The maximum absolute atomic E-state index is 12.9. The van der Waals surface area contributed by atoms with E-state index in [1.54, 1.807) is 6.92 Å². The van der Waals surface area contributed by atoms with Crippen molar-refractivity contribution >= 4 is 47.1 Å². The van der Waals surface area contributed by atoms with Gasteiger partial charge in [-0.3, -0.25) is 9.13 Å². The van der Waals surface area contributed by atoms with Crippen LogP contribution in [0, 0.1) is 4.77 Å². The van der Waals surface area contributed by atoms with Gasteiger partial charge in [-0.2, -0.15) is 0 Å². The molecule has 3 aromatic rings. The number of nitrogens with zero attached hydrogens (tertiary/aromatic N) is 4. The molecule has 2 aromatic carbocycles. The number of carboxylic acids is 1. The van der Waals surface area contributed by atoms with Crippen molar-refractivity contribution in [3.05, 3.63) is 88.9 Å². The Morgan fingerprint density at radius 3 is 2.24 bits per heavy atom. The van der Waals surface area contributed by atoms with Gasteiger partial charge >= 0.3 is 17.3 Å². The molecule has 0 aliphatic carbocycles. The number of benzene rings is 2. The van der Waals surface area contributed by atoms with Gasteiger partial charge in [0.05, 0.1) is 27.0 Å². The summed E-state index contributed by atoms with van der Waals surface area (Å²) in [7, 11) is 2.79. The molecule has 0 fully saturated rings. The molecule has 0 spiro atoms. The van der Waals surface area contributed by atoms with E-state index in [1.807, 2.05) is 30.3 Å². The highest BCUT2D eigenvalue weighted by atomic mass is 35.5. The van der Waals surface area contributed by atoms with E-state index in [0.29, 0.717) is 5.71 Å². The number of rotatable bonds is 7. The van der Waals surface area contributed by atoms with Gasteiger partial charge in [-0.15, -0.1) is 0 Å². The van der Waals surface area contributed by atoms with Crippen LogP contribution >= 0.6 is 35.4 Å². The number of carbonyl (C=O) groups is 1. The largest absolute Gasteiger partial charge is 0.478 e. The van der Waals surface area contributed by atoms with Gasteiger partial charge in [0.15, 0.2) is 4.77 Å². The Balaban J connectivity index is 2.11. The van der Waals surface area contributed by atoms with Gasteiger partial charge in [0.25, 0.3) is 0 Å². The lowest BCUT2D eigenvalue weighted by Gasteiger charge is -2.16. The van der Waals surface area contributed by atoms with Crippen LogP contribution in [0.2, 0.25) is 10.0 Å². The summed E-state index contributed by atoms with van der Waals surface area (Å²) in [6.07, 6.45) is 0.0148. The molecular formula is C22H20Cl2N4O5S. The molecule has 0 saturated carbocycles. The number of hydrogen-bond acceptors (Lipinski definition) is 6. The van der Waals surface area contributed by atoms with Gasteiger partial charge in [-0.1, -0.05) is 58.7 Å². The minimum Gasteiger partial charge on any atom is -0.478 e. The van der Waals surface area contributed by atoms with Crippen LogP contribution in [0.4, 0.5) is 0 Å². The van der Waals surface area contributed by atoms with Crippen molar-refractivity contribution in [1.82, 2.24) is 13.7 Å². The number of hydrogen-bond donors (Lipinski definition) is 1. The Morgan fingerprint density at radius 2 is 1.68 bits per heavy atom. The van der Waals surface area contributed by atoms with Crippen LogP contribution in [0.25, 0.3) is 5.69 Å². The summed E-state index contributed by atoms with van der Waals surface area (Å²) >= 11 is 18.0. The second-order valence-electron chi connectivity index (χ2n) is 7.42. The third-order valence-corrected chi connectivity index (χ3v) is 6.40. The molecule has 34 heavy (non-hydrogen) atoms. The van der Waals surface area contributed by atoms with Crippen molar-refractivity contribution in [2.24, 2.45) is 19.3 Å². The lowest BCUT2D eigenvalue weighted by molar-refractivity contribution is 0.0697. The van der Waals surface area contributed by atoms with Crippen molar-refractivity contribution < 1.29 is 14.7 Å². The molecular weight excluding hydrogens is 503 g/mol. The first-order valence-corrected chi connectivity index (χ1v) is 11.0. The van der Waals surface area contributed by atoms with E-state index < -0.39 is 17.3 Å².